The van der Waals surface area contributed by atoms with Crippen molar-refractivity contribution >= 4 is 17.9 Å². The third-order valence-electron chi connectivity index (χ3n) is 10.5. The van der Waals surface area contributed by atoms with Crippen LogP contribution in [0.25, 0.3) is 0 Å². The summed E-state index contributed by atoms with van der Waals surface area (Å²) in [6.45, 7) is 6.34. The third kappa shape index (κ3) is 47.5. The molecule has 0 bridgehead atoms. The highest BCUT2D eigenvalue weighted by molar-refractivity contribution is 5.71. The Balaban J connectivity index is 4.45. The average Bonchev–Trinajstić information content (AvgIpc) is 3.26. The Morgan fingerprint density at radius 1 is 0.361 bits per heavy atom. The van der Waals surface area contributed by atoms with Crippen LogP contribution < -0.4 is 0 Å². The van der Waals surface area contributed by atoms with Crippen LogP contribution >= 0.6 is 0 Å². The normalized spacial score (nSPS) is 12.8. The minimum absolute atomic E-state index is 0.0954. The lowest BCUT2D eigenvalue weighted by Crippen LogP contribution is -2.30. The second kappa shape index (κ2) is 49.2. The first kappa shape index (κ1) is 57.6. The number of allylic oxidation sites excluding steroid dienone is 14. The maximum atomic E-state index is 12.8. The number of esters is 3. The molecular formula is C55H92O6. The molecule has 0 aliphatic carbocycles. The Labute approximate surface area is 375 Å². The number of carbonyl (C=O) groups excluding carboxylic acids is 3. The molecule has 6 nitrogen and oxygen atoms in total. The summed E-state index contributed by atoms with van der Waals surface area (Å²) >= 11 is 0. The first-order valence-corrected chi connectivity index (χ1v) is 25.1. The molecule has 0 aromatic carbocycles. The largest absolute Gasteiger partial charge is 0.462 e. The Morgan fingerprint density at radius 3 is 1.21 bits per heavy atom. The smallest absolute Gasteiger partial charge is 0.306 e. The highest BCUT2D eigenvalue weighted by Crippen LogP contribution is 2.15. The van der Waals surface area contributed by atoms with E-state index >= 15 is 0 Å². The van der Waals surface area contributed by atoms with E-state index in [1.54, 1.807) is 0 Å². The molecule has 0 aliphatic rings. The van der Waals surface area contributed by atoms with E-state index in [0.717, 1.165) is 96.3 Å². The van der Waals surface area contributed by atoms with Gasteiger partial charge in [0.15, 0.2) is 6.10 Å². The predicted octanol–water partition coefficient (Wildman–Crippen LogP) is 16.4. The molecule has 0 aromatic rings. The summed E-state index contributed by atoms with van der Waals surface area (Å²) in [5, 5.41) is 0. The van der Waals surface area contributed by atoms with Crippen molar-refractivity contribution < 1.29 is 28.6 Å². The zero-order valence-electron chi connectivity index (χ0n) is 39.7. The second-order valence-electron chi connectivity index (χ2n) is 16.4. The first-order valence-electron chi connectivity index (χ1n) is 25.1. The maximum Gasteiger partial charge on any atom is 0.306 e. The van der Waals surface area contributed by atoms with Crippen LogP contribution in [0.15, 0.2) is 85.1 Å². The number of rotatable bonds is 44. The van der Waals surface area contributed by atoms with E-state index in [-0.39, 0.29) is 31.1 Å². The lowest BCUT2D eigenvalue weighted by Gasteiger charge is -2.18. The van der Waals surface area contributed by atoms with E-state index in [4.69, 9.17) is 14.2 Å². The van der Waals surface area contributed by atoms with Gasteiger partial charge in [-0.1, -0.05) is 221 Å². The molecule has 0 rings (SSSR count). The van der Waals surface area contributed by atoms with Gasteiger partial charge in [-0.3, -0.25) is 14.4 Å². The summed E-state index contributed by atoms with van der Waals surface area (Å²) in [6.07, 6.45) is 62.8. The van der Waals surface area contributed by atoms with Crippen molar-refractivity contribution in [1.29, 1.82) is 0 Å². The van der Waals surface area contributed by atoms with Crippen LogP contribution in [-0.4, -0.2) is 37.2 Å². The van der Waals surface area contributed by atoms with E-state index in [9.17, 15) is 14.4 Å². The van der Waals surface area contributed by atoms with Crippen LogP contribution in [0.5, 0.6) is 0 Å². The van der Waals surface area contributed by atoms with Gasteiger partial charge in [0.2, 0.25) is 0 Å². The highest BCUT2D eigenvalue weighted by Gasteiger charge is 2.19. The zero-order valence-corrected chi connectivity index (χ0v) is 39.7. The van der Waals surface area contributed by atoms with Gasteiger partial charge in [-0.25, -0.2) is 0 Å². The van der Waals surface area contributed by atoms with Crippen LogP contribution in [0, 0.1) is 0 Å². The Morgan fingerprint density at radius 2 is 0.721 bits per heavy atom. The van der Waals surface area contributed by atoms with E-state index in [1.165, 1.54) is 89.9 Å². The van der Waals surface area contributed by atoms with Crippen LogP contribution in [0.2, 0.25) is 0 Å². The van der Waals surface area contributed by atoms with Crippen LogP contribution in [0.3, 0.4) is 0 Å². The molecule has 0 amide bonds. The number of ether oxygens (including phenoxy) is 3. The molecule has 348 valence electrons. The minimum Gasteiger partial charge on any atom is -0.462 e. The van der Waals surface area contributed by atoms with E-state index in [0.29, 0.717) is 19.3 Å². The average molecular weight is 849 g/mol. The minimum atomic E-state index is -0.796. The lowest BCUT2D eigenvalue weighted by atomic mass is 10.0. The van der Waals surface area contributed by atoms with Gasteiger partial charge < -0.3 is 14.2 Å². The quantitative estimate of drug-likeness (QED) is 0.0200. The fourth-order valence-electron chi connectivity index (χ4n) is 6.76. The SMILES string of the molecule is CC\C=C/C=C\C=C/C=C\CCCCCC(=O)OCC(COC(=O)CCCCCCCC/C=C\C/C=C\C/C=C\CC)OC(=O)CCCCCCCCCCCCCCCC. The van der Waals surface area contributed by atoms with Crippen molar-refractivity contribution in [2.24, 2.45) is 0 Å². The molecule has 1 atom stereocenters. The van der Waals surface area contributed by atoms with Crippen LogP contribution in [0.4, 0.5) is 0 Å². The summed E-state index contributed by atoms with van der Waals surface area (Å²) in [7, 11) is 0. The number of unbranched alkanes of at least 4 members (excludes halogenated alkanes) is 22. The van der Waals surface area contributed by atoms with Gasteiger partial charge in [-0.05, 0) is 70.6 Å². The molecule has 0 saturated carbocycles. The third-order valence-corrected chi connectivity index (χ3v) is 10.5. The molecule has 0 fully saturated rings. The molecule has 0 saturated heterocycles. The van der Waals surface area contributed by atoms with E-state index in [1.807, 2.05) is 36.5 Å². The Hall–Kier alpha value is -3.41. The molecule has 0 aromatic heterocycles. The lowest BCUT2D eigenvalue weighted by molar-refractivity contribution is -0.167. The van der Waals surface area contributed by atoms with Crippen molar-refractivity contribution in [2.45, 2.75) is 232 Å². The van der Waals surface area contributed by atoms with Gasteiger partial charge in [0, 0.05) is 19.3 Å². The summed E-state index contributed by atoms with van der Waals surface area (Å²) < 4.78 is 16.7. The molecule has 0 N–H and O–H groups in total. The Kier molecular flexibility index (Phi) is 46.5. The maximum absolute atomic E-state index is 12.8. The van der Waals surface area contributed by atoms with Gasteiger partial charge in [0.05, 0.1) is 0 Å². The summed E-state index contributed by atoms with van der Waals surface area (Å²) in [5.74, 6) is -0.947. The van der Waals surface area contributed by atoms with E-state index in [2.05, 4.69) is 69.4 Å². The standard InChI is InChI=1S/C55H92O6/c1-4-7-10-13-16-19-22-25-27-28-31-33-36-39-42-45-48-54(57)60-51-52(50-59-53(56)47-44-41-38-35-32-29-24-21-18-15-12-9-6-3)61-55(58)49-46-43-40-37-34-30-26-23-20-17-14-11-8-5-2/h7,9-10,12,15-16,18-19,21,24-25,27,29,32,52H,4-6,8,11,13-14,17,20,22-23,26,28,30-31,33-51H2,1-3H3/b10-7-,12-9-,18-15-,19-16-,24-21-,27-25-,32-29-. The predicted molar refractivity (Wildman–Crippen MR) is 261 cm³/mol. The van der Waals surface area contributed by atoms with Crippen molar-refractivity contribution in [3.8, 4) is 0 Å². The van der Waals surface area contributed by atoms with Crippen molar-refractivity contribution in [3.05, 3.63) is 85.1 Å². The molecule has 0 spiro atoms. The summed E-state index contributed by atoms with van der Waals surface area (Å²) in [4.78, 5) is 37.9. The Bertz CT molecular complexity index is 1200. The topological polar surface area (TPSA) is 78.9 Å². The summed E-state index contributed by atoms with van der Waals surface area (Å²) in [6, 6.07) is 0. The molecule has 0 radical (unpaired) electrons. The molecular weight excluding hydrogens is 757 g/mol. The number of hydrogen-bond donors (Lipinski definition) is 0. The highest BCUT2D eigenvalue weighted by atomic mass is 16.6. The monoisotopic (exact) mass is 849 g/mol. The zero-order chi connectivity index (χ0) is 44.4. The molecule has 0 aliphatic heterocycles. The van der Waals surface area contributed by atoms with Crippen LogP contribution in [-0.2, 0) is 28.6 Å². The molecule has 61 heavy (non-hydrogen) atoms. The number of carbonyl (C=O) groups is 3. The fourth-order valence-corrected chi connectivity index (χ4v) is 6.76. The van der Waals surface area contributed by atoms with Gasteiger partial charge >= 0.3 is 17.9 Å². The van der Waals surface area contributed by atoms with Gasteiger partial charge in [0.1, 0.15) is 13.2 Å². The van der Waals surface area contributed by atoms with Crippen molar-refractivity contribution in [1.82, 2.24) is 0 Å². The van der Waals surface area contributed by atoms with Crippen LogP contribution in [0.1, 0.15) is 226 Å². The summed E-state index contributed by atoms with van der Waals surface area (Å²) in [5.41, 5.74) is 0. The number of hydrogen-bond acceptors (Lipinski definition) is 6. The van der Waals surface area contributed by atoms with Crippen molar-refractivity contribution in [2.75, 3.05) is 13.2 Å². The van der Waals surface area contributed by atoms with Gasteiger partial charge in [-0.2, -0.15) is 0 Å². The van der Waals surface area contributed by atoms with E-state index < -0.39 is 6.10 Å². The van der Waals surface area contributed by atoms with Gasteiger partial charge in [-0.15, -0.1) is 0 Å². The molecule has 0 heterocycles. The van der Waals surface area contributed by atoms with Crippen molar-refractivity contribution in [3.63, 3.8) is 0 Å². The van der Waals surface area contributed by atoms with Gasteiger partial charge in [0.25, 0.3) is 0 Å². The fraction of sp³-hybridized carbons (Fsp3) is 0.691. The second-order valence-corrected chi connectivity index (χ2v) is 16.4. The molecule has 6 heteroatoms. The first-order chi connectivity index (χ1) is 30.0. The molecule has 1 unspecified atom stereocenters.